The fourth-order valence-corrected chi connectivity index (χ4v) is 4.08. The van der Waals surface area contributed by atoms with Crippen LogP contribution in [-0.2, 0) is 21.3 Å². The van der Waals surface area contributed by atoms with E-state index in [1.54, 1.807) is 36.4 Å². The molecule has 0 radical (unpaired) electrons. The lowest BCUT2D eigenvalue weighted by Gasteiger charge is -2.33. The number of sulfonamides is 1. The molecule has 0 aliphatic carbocycles. The highest BCUT2D eigenvalue weighted by Crippen LogP contribution is 2.14. The molecule has 0 saturated carbocycles. The molecule has 9 heteroatoms. The van der Waals surface area contributed by atoms with E-state index in [9.17, 15) is 18.0 Å². The van der Waals surface area contributed by atoms with Gasteiger partial charge in [-0.15, -0.1) is 0 Å². The second-order valence-electron chi connectivity index (χ2n) is 7.16. The number of rotatable bonds is 6. The Kier molecular flexibility index (Phi) is 6.86. The van der Waals surface area contributed by atoms with Gasteiger partial charge in [0.05, 0.1) is 18.9 Å². The van der Waals surface area contributed by atoms with Crippen molar-refractivity contribution in [3.63, 3.8) is 0 Å². The standard InChI is InChI=1S/C21H25N3O5S/c1-29-21(26)18-7-9-19(10-8-18)22-20(25)17-5-3-16(4-6-17)15-23-11-13-24(14-12-23)30(2,27)28/h3-10H,11-15H2,1-2H3,(H,22,25). The van der Waals surface area contributed by atoms with Crippen molar-refractivity contribution in [3.8, 4) is 0 Å². The number of nitrogens with one attached hydrogen (secondary N) is 1. The van der Waals surface area contributed by atoms with Crippen LogP contribution in [0.3, 0.4) is 0 Å². The Hall–Kier alpha value is -2.75. The summed E-state index contributed by atoms with van der Waals surface area (Å²) in [4.78, 5) is 26.1. The lowest BCUT2D eigenvalue weighted by atomic mass is 10.1. The minimum atomic E-state index is -3.13. The zero-order valence-electron chi connectivity index (χ0n) is 17.0. The van der Waals surface area contributed by atoms with Crippen molar-refractivity contribution in [2.45, 2.75) is 6.54 Å². The molecule has 0 unspecified atom stereocenters. The summed E-state index contributed by atoms with van der Waals surface area (Å²) < 4.78 is 29.3. The Balaban J connectivity index is 1.54. The van der Waals surface area contributed by atoms with Crippen molar-refractivity contribution in [1.82, 2.24) is 9.21 Å². The summed E-state index contributed by atoms with van der Waals surface area (Å²) in [5.74, 6) is -0.671. The maximum atomic E-state index is 12.4. The highest BCUT2D eigenvalue weighted by atomic mass is 32.2. The van der Waals surface area contributed by atoms with Crippen LogP contribution >= 0.6 is 0 Å². The topological polar surface area (TPSA) is 96.0 Å². The molecular formula is C21H25N3O5S. The maximum absolute atomic E-state index is 12.4. The number of benzene rings is 2. The van der Waals surface area contributed by atoms with E-state index in [2.05, 4.69) is 15.0 Å². The summed E-state index contributed by atoms with van der Waals surface area (Å²) in [7, 11) is -1.82. The number of methoxy groups -OCH3 is 1. The first-order valence-corrected chi connectivity index (χ1v) is 11.4. The number of hydrogen-bond acceptors (Lipinski definition) is 6. The van der Waals surface area contributed by atoms with E-state index in [1.807, 2.05) is 12.1 Å². The molecule has 1 N–H and O–H groups in total. The highest BCUT2D eigenvalue weighted by molar-refractivity contribution is 7.88. The third-order valence-electron chi connectivity index (χ3n) is 4.99. The lowest BCUT2D eigenvalue weighted by Crippen LogP contribution is -2.47. The summed E-state index contributed by atoms with van der Waals surface area (Å²) in [5.41, 5.74) is 2.58. The van der Waals surface area contributed by atoms with Crippen LogP contribution in [0.1, 0.15) is 26.3 Å². The molecule has 8 nitrogen and oxygen atoms in total. The van der Waals surface area contributed by atoms with Gasteiger partial charge in [-0.3, -0.25) is 9.69 Å². The van der Waals surface area contributed by atoms with E-state index in [0.29, 0.717) is 49.5 Å². The molecule has 1 heterocycles. The monoisotopic (exact) mass is 431 g/mol. The van der Waals surface area contributed by atoms with Gasteiger partial charge in [-0.2, -0.15) is 4.31 Å². The first-order chi connectivity index (χ1) is 14.3. The van der Waals surface area contributed by atoms with Crippen LogP contribution in [0, 0.1) is 0 Å². The number of anilines is 1. The van der Waals surface area contributed by atoms with Gasteiger partial charge in [-0.05, 0) is 42.0 Å². The van der Waals surface area contributed by atoms with Crippen molar-refractivity contribution in [2.24, 2.45) is 0 Å². The van der Waals surface area contributed by atoms with Crippen LogP contribution < -0.4 is 5.32 Å². The van der Waals surface area contributed by atoms with Gasteiger partial charge in [0.15, 0.2) is 0 Å². The van der Waals surface area contributed by atoms with E-state index < -0.39 is 16.0 Å². The molecular weight excluding hydrogens is 406 g/mol. The second-order valence-corrected chi connectivity index (χ2v) is 9.14. The van der Waals surface area contributed by atoms with E-state index in [1.165, 1.54) is 17.7 Å². The first-order valence-electron chi connectivity index (χ1n) is 9.52. The average molecular weight is 432 g/mol. The van der Waals surface area contributed by atoms with Crippen LogP contribution in [0.15, 0.2) is 48.5 Å². The number of piperazine rings is 1. The molecule has 3 rings (SSSR count). The number of hydrogen-bond donors (Lipinski definition) is 1. The molecule has 1 saturated heterocycles. The second kappa shape index (κ2) is 9.38. The van der Waals surface area contributed by atoms with Crippen molar-refractivity contribution in [1.29, 1.82) is 0 Å². The predicted octanol–water partition coefficient (Wildman–Crippen LogP) is 1.80. The first kappa shape index (κ1) is 21.9. The molecule has 1 amide bonds. The van der Waals surface area contributed by atoms with Crippen molar-refractivity contribution >= 4 is 27.6 Å². The zero-order chi connectivity index (χ0) is 21.7. The minimum Gasteiger partial charge on any atom is -0.465 e. The van der Waals surface area contributed by atoms with E-state index >= 15 is 0 Å². The molecule has 0 spiro atoms. The fourth-order valence-electron chi connectivity index (χ4n) is 3.25. The van der Waals surface area contributed by atoms with Crippen molar-refractivity contribution in [2.75, 3.05) is 44.9 Å². The summed E-state index contributed by atoms with van der Waals surface area (Å²) in [6.45, 7) is 3.05. The number of nitrogens with zero attached hydrogens (tertiary/aromatic N) is 2. The molecule has 2 aromatic carbocycles. The Morgan fingerprint density at radius 1 is 0.933 bits per heavy atom. The van der Waals surface area contributed by atoms with E-state index in [4.69, 9.17) is 0 Å². The van der Waals surface area contributed by atoms with Crippen LogP contribution in [0.4, 0.5) is 5.69 Å². The number of ether oxygens (including phenoxy) is 1. The van der Waals surface area contributed by atoms with Gasteiger partial charge in [0.2, 0.25) is 10.0 Å². The Morgan fingerprint density at radius 3 is 2.03 bits per heavy atom. The van der Waals surface area contributed by atoms with Gasteiger partial charge < -0.3 is 10.1 Å². The lowest BCUT2D eigenvalue weighted by molar-refractivity contribution is 0.0600. The van der Waals surface area contributed by atoms with Crippen molar-refractivity contribution < 1.29 is 22.7 Å². The normalized spacial score (nSPS) is 15.5. The molecule has 30 heavy (non-hydrogen) atoms. The van der Waals surface area contributed by atoms with Crippen molar-refractivity contribution in [3.05, 3.63) is 65.2 Å². The smallest absolute Gasteiger partial charge is 0.337 e. The van der Waals surface area contributed by atoms with Gasteiger partial charge in [0, 0.05) is 44.0 Å². The molecule has 0 aromatic heterocycles. The molecule has 1 aliphatic rings. The Morgan fingerprint density at radius 2 is 1.50 bits per heavy atom. The average Bonchev–Trinajstić information content (AvgIpc) is 2.74. The SMILES string of the molecule is COC(=O)c1ccc(NC(=O)c2ccc(CN3CCN(S(C)(=O)=O)CC3)cc2)cc1. The van der Waals surface area contributed by atoms with E-state index in [-0.39, 0.29) is 5.91 Å². The largest absolute Gasteiger partial charge is 0.465 e. The summed E-state index contributed by atoms with van der Waals surface area (Å²) in [6.07, 6.45) is 1.24. The van der Waals surface area contributed by atoms with Gasteiger partial charge in [0.25, 0.3) is 5.91 Å². The zero-order valence-corrected chi connectivity index (χ0v) is 17.8. The summed E-state index contributed by atoms with van der Waals surface area (Å²) >= 11 is 0. The molecule has 160 valence electrons. The van der Waals surface area contributed by atoms with Gasteiger partial charge in [0.1, 0.15) is 0 Å². The Labute approximate surface area is 176 Å². The van der Waals surface area contributed by atoms with E-state index in [0.717, 1.165) is 5.56 Å². The number of carbonyl (C=O) groups is 2. The summed E-state index contributed by atoms with van der Waals surface area (Å²) in [6, 6.07) is 13.8. The number of amides is 1. The maximum Gasteiger partial charge on any atom is 0.337 e. The molecule has 1 aliphatic heterocycles. The quantitative estimate of drug-likeness (QED) is 0.701. The third-order valence-corrected chi connectivity index (χ3v) is 6.29. The Bertz CT molecular complexity index is 996. The van der Waals surface area contributed by atoms with Gasteiger partial charge in [-0.1, -0.05) is 12.1 Å². The van der Waals surface area contributed by atoms with Crippen LogP contribution in [0.2, 0.25) is 0 Å². The number of carbonyl (C=O) groups excluding carboxylic acids is 2. The number of esters is 1. The fraction of sp³-hybridized carbons (Fsp3) is 0.333. The van der Waals surface area contributed by atoms with Crippen LogP contribution in [0.5, 0.6) is 0 Å². The minimum absolute atomic E-state index is 0.242. The molecule has 2 aromatic rings. The third kappa shape index (κ3) is 5.65. The highest BCUT2D eigenvalue weighted by Gasteiger charge is 2.23. The molecule has 1 fully saturated rings. The summed E-state index contributed by atoms with van der Waals surface area (Å²) in [5, 5.41) is 2.80. The van der Waals surface area contributed by atoms with Gasteiger partial charge >= 0.3 is 5.97 Å². The van der Waals surface area contributed by atoms with Crippen LogP contribution in [-0.4, -0.2) is 69.0 Å². The predicted molar refractivity (Wildman–Crippen MR) is 114 cm³/mol. The van der Waals surface area contributed by atoms with Gasteiger partial charge in [-0.25, -0.2) is 13.2 Å². The molecule has 0 atom stereocenters. The van der Waals surface area contributed by atoms with Crippen LogP contribution in [0.25, 0.3) is 0 Å². The molecule has 0 bridgehead atoms.